The van der Waals surface area contributed by atoms with E-state index in [9.17, 15) is 4.79 Å². The van der Waals surface area contributed by atoms with Gasteiger partial charge in [-0.1, -0.05) is 0 Å². The summed E-state index contributed by atoms with van der Waals surface area (Å²) in [6.07, 6.45) is 3.79. The third-order valence-electron chi connectivity index (χ3n) is 4.46. The summed E-state index contributed by atoms with van der Waals surface area (Å²) in [6.45, 7) is 0.322. The molecule has 8 nitrogen and oxygen atoms in total. The van der Waals surface area contributed by atoms with E-state index >= 15 is 0 Å². The number of methoxy groups -OCH3 is 2. The minimum Gasteiger partial charge on any atom is -0.497 e. The summed E-state index contributed by atoms with van der Waals surface area (Å²) in [7, 11) is 8.92. The van der Waals surface area contributed by atoms with Crippen LogP contribution in [0.3, 0.4) is 0 Å². The molecule has 1 aromatic carbocycles. The van der Waals surface area contributed by atoms with Crippen molar-refractivity contribution in [3.8, 4) is 17.0 Å². The minimum atomic E-state index is -0.190. The predicted octanol–water partition coefficient (Wildman–Crippen LogP) is 1.97. The monoisotopic (exact) mass is 383 g/mol. The number of anilines is 1. The van der Waals surface area contributed by atoms with Gasteiger partial charge in [-0.2, -0.15) is 0 Å². The maximum atomic E-state index is 11.8. The van der Waals surface area contributed by atoms with Gasteiger partial charge in [0, 0.05) is 69.2 Å². The van der Waals surface area contributed by atoms with Gasteiger partial charge in [-0.05, 0) is 18.2 Å². The molecule has 28 heavy (non-hydrogen) atoms. The maximum absolute atomic E-state index is 11.8. The summed E-state index contributed by atoms with van der Waals surface area (Å²) in [5.74, 6) is 1.18. The second-order valence-corrected chi connectivity index (χ2v) is 6.68. The number of benzene rings is 1. The number of nitrogens with one attached hydrogen (secondary N) is 1. The zero-order chi connectivity index (χ0) is 20.3. The maximum Gasteiger partial charge on any atom is 0.246 e. The van der Waals surface area contributed by atoms with Crippen molar-refractivity contribution in [1.29, 1.82) is 0 Å². The Kier molecular flexibility index (Phi) is 5.79. The number of nitrogens with zero attached hydrogens (tertiary/aromatic N) is 4. The van der Waals surface area contributed by atoms with E-state index in [0.29, 0.717) is 12.5 Å². The molecule has 0 aliphatic heterocycles. The van der Waals surface area contributed by atoms with E-state index in [1.54, 1.807) is 13.3 Å². The fourth-order valence-electron chi connectivity index (χ4n) is 3.04. The van der Waals surface area contributed by atoms with E-state index in [0.717, 1.165) is 33.5 Å². The summed E-state index contributed by atoms with van der Waals surface area (Å²) >= 11 is 0. The molecule has 1 amide bonds. The third kappa shape index (κ3) is 3.91. The quantitative estimate of drug-likeness (QED) is 0.672. The first-order chi connectivity index (χ1) is 13.4. The molecule has 0 saturated heterocycles. The number of aryl methyl sites for hydroxylation is 1. The first-order valence-electron chi connectivity index (χ1n) is 8.87. The average Bonchev–Trinajstić information content (AvgIpc) is 3.02. The molecule has 0 fully saturated rings. The third-order valence-corrected chi connectivity index (χ3v) is 4.46. The molecular formula is C20H25N5O3. The second-order valence-electron chi connectivity index (χ2n) is 6.68. The largest absolute Gasteiger partial charge is 0.497 e. The molecule has 3 aromatic rings. The van der Waals surface area contributed by atoms with Gasteiger partial charge in [0.05, 0.1) is 12.8 Å². The van der Waals surface area contributed by atoms with Crippen molar-refractivity contribution in [2.24, 2.45) is 7.05 Å². The number of hydrogen-bond acceptors (Lipinski definition) is 6. The van der Waals surface area contributed by atoms with Crippen molar-refractivity contribution < 1.29 is 14.3 Å². The Morgan fingerprint density at radius 1 is 1.29 bits per heavy atom. The van der Waals surface area contributed by atoms with E-state index in [-0.39, 0.29) is 12.5 Å². The number of carbonyl (C=O) groups excluding carboxylic acids is 1. The van der Waals surface area contributed by atoms with Crippen LogP contribution in [0.4, 0.5) is 5.95 Å². The molecule has 2 aromatic heterocycles. The highest BCUT2D eigenvalue weighted by Gasteiger charge is 2.17. The number of carbonyl (C=O) groups is 1. The Morgan fingerprint density at radius 3 is 2.75 bits per heavy atom. The summed E-state index contributed by atoms with van der Waals surface area (Å²) in [5, 5.41) is 3.87. The number of aromatic nitrogens is 3. The van der Waals surface area contributed by atoms with Crippen molar-refractivity contribution >= 4 is 22.8 Å². The molecular weight excluding hydrogens is 358 g/mol. The van der Waals surface area contributed by atoms with Gasteiger partial charge in [0.25, 0.3) is 0 Å². The number of rotatable bonds is 7. The minimum absolute atomic E-state index is 0.0113. The van der Waals surface area contributed by atoms with Gasteiger partial charge in [-0.3, -0.25) is 4.79 Å². The SMILES string of the molecule is COCC(=O)NCc1cnc(N(C)C)nc1-c1cn(C)c2ccc(OC)cc12. The van der Waals surface area contributed by atoms with Crippen LogP contribution in [0.5, 0.6) is 5.75 Å². The molecule has 0 unspecified atom stereocenters. The smallest absolute Gasteiger partial charge is 0.246 e. The Labute approximate surface area is 164 Å². The standard InChI is InChI=1S/C20H25N5O3/c1-24(2)20-22-10-13(9-21-18(26)12-27-4)19(23-20)16-11-25(3)17-7-6-14(28-5)8-15(16)17/h6-8,10-11H,9,12H2,1-5H3,(H,21,26). The molecule has 3 rings (SSSR count). The number of fused-ring (bicyclic) bond motifs is 1. The van der Waals surface area contributed by atoms with Crippen LogP contribution in [-0.2, 0) is 23.1 Å². The van der Waals surface area contributed by atoms with Crippen LogP contribution in [0.2, 0.25) is 0 Å². The van der Waals surface area contributed by atoms with Crippen molar-refractivity contribution in [2.75, 3.05) is 39.8 Å². The second kappa shape index (κ2) is 8.26. The molecule has 0 saturated carbocycles. The highest BCUT2D eigenvalue weighted by Crippen LogP contribution is 2.34. The lowest BCUT2D eigenvalue weighted by molar-refractivity contribution is -0.124. The van der Waals surface area contributed by atoms with Gasteiger partial charge in [0.1, 0.15) is 12.4 Å². The molecule has 148 valence electrons. The lowest BCUT2D eigenvalue weighted by atomic mass is 10.1. The Balaban J connectivity index is 2.12. The van der Waals surface area contributed by atoms with Gasteiger partial charge in [0.2, 0.25) is 11.9 Å². The number of amides is 1. The van der Waals surface area contributed by atoms with E-state index < -0.39 is 0 Å². The molecule has 0 bridgehead atoms. The first-order valence-corrected chi connectivity index (χ1v) is 8.87. The van der Waals surface area contributed by atoms with E-state index in [2.05, 4.69) is 14.9 Å². The lowest BCUT2D eigenvalue weighted by Gasteiger charge is -2.15. The van der Waals surface area contributed by atoms with Crippen LogP contribution in [-0.4, -0.2) is 55.4 Å². The van der Waals surface area contributed by atoms with Crippen molar-refractivity contribution in [1.82, 2.24) is 19.9 Å². The summed E-state index contributed by atoms with van der Waals surface area (Å²) < 4.78 is 12.3. The van der Waals surface area contributed by atoms with E-state index in [4.69, 9.17) is 14.5 Å². The van der Waals surface area contributed by atoms with Gasteiger partial charge in [0.15, 0.2) is 0 Å². The summed E-state index contributed by atoms with van der Waals surface area (Å²) in [4.78, 5) is 22.9. The Morgan fingerprint density at radius 2 is 2.07 bits per heavy atom. The molecule has 2 heterocycles. The summed E-state index contributed by atoms with van der Waals surface area (Å²) in [5.41, 5.74) is 3.62. The van der Waals surface area contributed by atoms with Gasteiger partial charge in [-0.25, -0.2) is 9.97 Å². The topological polar surface area (TPSA) is 81.5 Å². The van der Waals surface area contributed by atoms with Crippen LogP contribution in [0, 0.1) is 0 Å². The molecule has 0 radical (unpaired) electrons. The highest BCUT2D eigenvalue weighted by atomic mass is 16.5. The van der Waals surface area contributed by atoms with Crippen LogP contribution >= 0.6 is 0 Å². The molecule has 8 heteroatoms. The zero-order valence-electron chi connectivity index (χ0n) is 16.8. The first kappa shape index (κ1) is 19.6. The number of hydrogen-bond donors (Lipinski definition) is 1. The van der Waals surface area contributed by atoms with Gasteiger partial charge < -0.3 is 24.3 Å². The fourth-order valence-corrected chi connectivity index (χ4v) is 3.04. The highest BCUT2D eigenvalue weighted by molar-refractivity contribution is 5.96. The lowest BCUT2D eigenvalue weighted by Crippen LogP contribution is -2.27. The average molecular weight is 383 g/mol. The van der Waals surface area contributed by atoms with Crippen LogP contribution in [0.25, 0.3) is 22.2 Å². The van der Waals surface area contributed by atoms with Gasteiger partial charge in [-0.15, -0.1) is 0 Å². The predicted molar refractivity (Wildman–Crippen MR) is 109 cm³/mol. The molecule has 0 aliphatic rings. The van der Waals surface area contributed by atoms with Crippen molar-refractivity contribution in [3.05, 3.63) is 36.2 Å². The summed E-state index contributed by atoms with van der Waals surface area (Å²) in [6, 6.07) is 5.95. The van der Waals surface area contributed by atoms with Crippen LogP contribution in [0.15, 0.2) is 30.6 Å². The number of ether oxygens (including phenoxy) is 2. The van der Waals surface area contributed by atoms with Crippen LogP contribution < -0.4 is 15.0 Å². The van der Waals surface area contributed by atoms with Gasteiger partial charge >= 0.3 is 0 Å². The van der Waals surface area contributed by atoms with E-state index in [1.165, 1.54) is 7.11 Å². The van der Waals surface area contributed by atoms with Crippen LogP contribution in [0.1, 0.15) is 5.56 Å². The molecule has 0 atom stereocenters. The molecule has 0 spiro atoms. The Bertz CT molecular complexity index is 997. The molecule has 1 N–H and O–H groups in total. The molecule has 0 aliphatic carbocycles. The Hall–Kier alpha value is -3.13. The fraction of sp³-hybridized carbons (Fsp3) is 0.350. The van der Waals surface area contributed by atoms with Crippen molar-refractivity contribution in [3.63, 3.8) is 0 Å². The zero-order valence-corrected chi connectivity index (χ0v) is 16.8. The van der Waals surface area contributed by atoms with Crippen molar-refractivity contribution in [2.45, 2.75) is 6.54 Å². The normalized spacial score (nSPS) is 10.9. The van der Waals surface area contributed by atoms with E-state index in [1.807, 2.05) is 50.4 Å².